The molecule has 2 heterocycles. The maximum absolute atomic E-state index is 12.8. The van der Waals surface area contributed by atoms with Gasteiger partial charge in [0, 0.05) is 19.0 Å². The van der Waals surface area contributed by atoms with Crippen LogP contribution < -0.4 is 10.1 Å². The van der Waals surface area contributed by atoms with Gasteiger partial charge in [-0.3, -0.25) is 0 Å². The molecule has 0 unspecified atom stereocenters. The van der Waals surface area contributed by atoms with Crippen LogP contribution in [0.5, 0.6) is 5.75 Å². The molecule has 3 aromatic rings. The first-order valence-electron chi connectivity index (χ1n) is 9.47. The van der Waals surface area contributed by atoms with E-state index in [0.29, 0.717) is 24.6 Å². The number of urea groups is 1. The first-order chi connectivity index (χ1) is 13.2. The van der Waals surface area contributed by atoms with Gasteiger partial charge in [0.2, 0.25) is 0 Å². The molecule has 6 nitrogen and oxygen atoms in total. The summed E-state index contributed by atoms with van der Waals surface area (Å²) in [6, 6.07) is 15.5. The molecular formula is C21H24N4O2. The molecule has 6 heteroatoms. The van der Waals surface area contributed by atoms with Crippen LogP contribution in [-0.2, 0) is 0 Å². The summed E-state index contributed by atoms with van der Waals surface area (Å²) in [6.45, 7) is 3.90. The van der Waals surface area contributed by atoms with Crippen molar-refractivity contribution >= 4 is 22.8 Å². The maximum atomic E-state index is 12.8. The zero-order chi connectivity index (χ0) is 18.6. The van der Waals surface area contributed by atoms with Gasteiger partial charge in [-0.2, -0.15) is 0 Å². The van der Waals surface area contributed by atoms with E-state index in [2.05, 4.69) is 10.3 Å². The number of imidazole rings is 1. The van der Waals surface area contributed by atoms with Crippen LogP contribution in [-0.4, -0.2) is 40.6 Å². The fourth-order valence-corrected chi connectivity index (χ4v) is 3.60. The van der Waals surface area contributed by atoms with Crippen LogP contribution in [0, 0.1) is 0 Å². The van der Waals surface area contributed by atoms with Gasteiger partial charge in [0.15, 0.2) is 0 Å². The van der Waals surface area contributed by atoms with Crippen LogP contribution in [0.1, 0.15) is 31.5 Å². The fraction of sp³-hybridized carbons (Fsp3) is 0.333. The molecule has 1 aliphatic heterocycles. The molecule has 0 aliphatic carbocycles. The average Bonchev–Trinajstić information content (AvgIpc) is 3.14. The number of carbonyl (C=O) groups is 1. The molecule has 1 aromatic heterocycles. The minimum Gasteiger partial charge on any atom is -0.492 e. The molecule has 2 amide bonds. The van der Waals surface area contributed by atoms with Crippen molar-refractivity contribution < 1.29 is 9.53 Å². The molecule has 2 N–H and O–H groups in total. The van der Waals surface area contributed by atoms with E-state index in [-0.39, 0.29) is 11.9 Å². The molecule has 4 rings (SSSR count). The number of benzene rings is 2. The average molecular weight is 364 g/mol. The van der Waals surface area contributed by atoms with Crippen molar-refractivity contribution in [3.05, 3.63) is 54.4 Å². The van der Waals surface area contributed by atoms with Crippen molar-refractivity contribution in [1.29, 1.82) is 0 Å². The molecule has 1 fully saturated rings. The predicted molar refractivity (Wildman–Crippen MR) is 106 cm³/mol. The smallest absolute Gasteiger partial charge is 0.321 e. The minimum atomic E-state index is -0.0945. The predicted octanol–water partition coefficient (Wildman–Crippen LogP) is 4.37. The van der Waals surface area contributed by atoms with Gasteiger partial charge in [-0.15, -0.1) is 0 Å². The summed E-state index contributed by atoms with van der Waals surface area (Å²) < 4.78 is 5.60. The van der Waals surface area contributed by atoms with Crippen LogP contribution in [0.2, 0.25) is 0 Å². The van der Waals surface area contributed by atoms with Crippen LogP contribution in [0.25, 0.3) is 11.0 Å². The molecule has 140 valence electrons. The van der Waals surface area contributed by atoms with Gasteiger partial charge in [0.25, 0.3) is 0 Å². The van der Waals surface area contributed by atoms with Gasteiger partial charge in [-0.1, -0.05) is 24.3 Å². The lowest BCUT2D eigenvalue weighted by molar-refractivity contribution is 0.191. The number of hydrogen-bond donors (Lipinski definition) is 2. The Bertz CT molecular complexity index is 904. The van der Waals surface area contributed by atoms with Crippen molar-refractivity contribution in [2.24, 2.45) is 0 Å². The number of aromatic nitrogens is 2. The summed E-state index contributed by atoms with van der Waals surface area (Å²) in [4.78, 5) is 22.8. The number of nitrogens with one attached hydrogen (secondary N) is 2. The number of amides is 2. The van der Waals surface area contributed by atoms with Crippen molar-refractivity contribution in [2.45, 2.75) is 25.7 Å². The lowest BCUT2D eigenvalue weighted by atomic mass is 9.97. The zero-order valence-corrected chi connectivity index (χ0v) is 15.4. The Morgan fingerprint density at radius 3 is 2.93 bits per heavy atom. The van der Waals surface area contributed by atoms with E-state index in [0.717, 1.165) is 36.2 Å². The molecule has 0 saturated carbocycles. The van der Waals surface area contributed by atoms with E-state index >= 15 is 0 Å². The largest absolute Gasteiger partial charge is 0.492 e. The molecule has 0 radical (unpaired) electrons. The van der Waals surface area contributed by atoms with Gasteiger partial charge < -0.3 is 19.9 Å². The number of piperidine rings is 1. The maximum Gasteiger partial charge on any atom is 0.321 e. The van der Waals surface area contributed by atoms with Crippen LogP contribution >= 0.6 is 0 Å². The number of fused-ring (bicyclic) bond motifs is 1. The van der Waals surface area contributed by atoms with Gasteiger partial charge in [0.1, 0.15) is 11.6 Å². The van der Waals surface area contributed by atoms with Crippen molar-refractivity contribution in [3.63, 3.8) is 0 Å². The number of anilines is 1. The molecule has 2 aromatic carbocycles. The number of nitrogens with zero attached hydrogens (tertiary/aromatic N) is 2. The quantitative estimate of drug-likeness (QED) is 0.722. The van der Waals surface area contributed by atoms with Gasteiger partial charge in [-0.05, 0) is 44.0 Å². The Labute approximate surface area is 158 Å². The van der Waals surface area contributed by atoms with E-state index in [4.69, 9.17) is 9.72 Å². The lowest BCUT2D eigenvalue weighted by Crippen LogP contribution is -2.41. The van der Waals surface area contributed by atoms with Crippen molar-refractivity contribution in [3.8, 4) is 5.75 Å². The second-order valence-corrected chi connectivity index (χ2v) is 6.78. The number of ether oxygens (including phenoxy) is 1. The molecule has 0 bridgehead atoms. The summed E-state index contributed by atoms with van der Waals surface area (Å²) in [5, 5.41) is 3.00. The van der Waals surface area contributed by atoms with Crippen LogP contribution in [0.15, 0.2) is 48.5 Å². The monoisotopic (exact) mass is 364 g/mol. The van der Waals surface area contributed by atoms with Gasteiger partial charge in [0.05, 0.1) is 23.3 Å². The standard InChI is InChI=1S/C21H24N4O2/c1-2-27-19-12-6-5-11-18(19)24-21(26)25-13-7-8-15(14-25)20-22-16-9-3-4-10-17(16)23-20/h3-6,9-12,15H,2,7-8,13-14H2,1H3,(H,22,23)(H,24,26)/t15-/m1/s1. The number of rotatable bonds is 4. The molecule has 27 heavy (non-hydrogen) atoms. The fourth-order valence-electron chi connectivity index (χ4n) is 3.60. The van der Waals surface area contributed by atoms with Crippen molar-refractivity contribution in [2.75, 3.05) is 25.0 Å². The first-order valence-corrected chi connectivity index (χ1v) is 9.47. The number of carbonyl (C=O) groups excluding carboxylic acids is 1. The molecular weight excluding hydrogens is 340 g/mol. The van der Waals surface area contributed by atoms with Crippen LogP contribution in [0.3, 0.4) is 0 Å². The molecule has 1 atom stereocenters. The van der Waals surface area contributed by atoms with Crippen molar-refractivity contribution in [1.82, 2.24) is 14.9 Å². The summed E-state index contributed by atoms with van der Waals surface area (Å²) in [5.41, 5.74) is 2.72. The Morgan fingerprint density at radius 2 is 2.07 bits per heavy atom. The lowest BCUT2D eigenvalue weighted by Gasteiger charge is -2.32. The first kappa shape index (κ1) is 17.4. The highest BCUT2D eigenvalue weighted by Crippen LogP contribution is 2.28. The van der Waals surface area contributed by atoms with Crippen LogP contribution in [0.4, 0.5) is 10.5 Å². The van der Waals surface area contributed by atoms with Gasteiger partial charge in [-0.25, -0.2) is 9.78 Å². The third-order valence-corrected chi connectivity index (χ3v) is 4.93. The molecule has 0 spiro atoms. The van der Waals surface area contributed by atoms with E-state index in [9.17, 15) is 4.79 Å². The summed E-state index contributed by atoms with van der Waals surface area (Å²) in [5.74, 6) is 1.88. The number of H-pyrrole nitrogens is 1. The Morgan fingerprint density at radius 1 is 1.26 bits per heavy atom. The summed E-state index contributed by atoms with van der Waals surface area (Å²) >= 11 is 0. The number of likely N-dealkylation sites (tertiary alicyclic amines) is 1. The number of aromatic amines is 1. The third kappa shape index (κ3) is 3.74. The summed E-state index contributed by atoms with van der Waals surface area (Å²) in [6.07, 6.45) is 1.99. The second kappa shape index (κ2) is 7.70. The Hall–Kier alpha value is -3.02. The van der Waals surface area contributed by atoms with E-state index in [1.54, 1.807) is 0 Å². The summed E-state index contributed by atoms with van der Waals surface area (Å²) in [7, 11) is 0. The topological polar surface area (TPSA) is 70.2 Å². The van der Waals surface area contributed by atoms with E-state index < -0.39 is 0 Å². The molecule has 1 saturated heterocycles. The number of hydrogen-bond acceptors (Lipinski definition) is 3. The zero-order valence-electron chi connectivity index (χ0n) is 15.4. The SMILES string of the molecule is CCOc1ccccc1NC(=O)N1CCC[C@@H](c2nc3ccccc3[nH]2)C1. The Kier molecular flexibility index (Phi) is 4.96. The molecule has 1 aliphatic rings. The van der Waals surface area contributed by atoms with Gasteiger partial charge >= 0.3 is 6.03 Å². The second-order valence-electron chi connectivity index (χ2n) is 6.78. The Balaban J connectivity index is 1.47. The van der Waals surface area contributed by atoms with E-state index in [1.807, 2.05) is 60.4 Å². The highest BCUT2D eigenvalue weighted by Gasteiger charge is 2.27. The minimum absolute atomic E-state index is 0.0945. The highest BCUT2D eigenvalue weighted by molar-refractivity contribution is 5.91. The third-order valence-electron chi connectivity index (χ3n) is 4.93. The van der Waals surface area contributed by atoms with E-state index in [1.165, 1.54) is 0 Å². The number of para-hydroxylation sites is 4. The highest BCUT2D eigenvalue weighted by atomic mass is 16.5. The normalized spacial score (nSPS) is 17.1.